The van der Waals surface area contributed by atoms with Crippen LogP contribution in [-0.4, -0.2) is 15.6 Å². The van der Waals surface area contributed by atoms with Crippen molar-refractivity contribution < 1.29 is 0 Å². The molecule has 0 aliphatic heterocycles. The number of hydrogen-bond donors (Lipinski definition) is 1. The van der Waals surface area contributed by atoms with Crippen molar-refractivity contribution in [1.29, 1.82) is 0 Å². The highest BCUT2D eigenvalue weighted by atomic mass is 15.0. The fourth-order valence-electron chi connectivity index (χ4n) is 6.24. The van der Waals surface area contributed by atoms with Crippen molar-refractivity contribution in [2.24, 2.45) is 35.4 Å². The third-order valence-corrected chi connectivity index (χ3v) is 6.51. The summed E-state index contributed by atoms with van der Waals surface area (Å²) in [5.74, 6) is 3.06. The molecular weight excluding hydrogens is 246 g/mol. The average molecular weight is 273 g/mol. The van der Waals surface area contributed by atoms with E-state index in [2.05, 4.69) is 23.5 Å². The van der Waals surface area contributed by atoms with E-state index in [0.717, 1.165) is 24.1 Å². The van der Waals surface area contributed by atoms with E-state index in [-0.39, 0.29) is 6.04 Å². The van der Waals surface area contributed by atoms with Crippen LogP contribution in [-0.2, 0) is 13.5 Å². The molecule has 1 aromatic rings. The van der Waals surface area contributed by atoms with Gasteiger partial charge in [-0.25, -0.2) is 4.98 Å². The van der Waals surface area contributed by atoms with Gasteiger partial charge >= 0.3 is 0 Å². The van der Waals surface area contributed by atoms with Crippen molar-refractivity contribution in [3.63, 3.8) is 0 Å². The lowest BCUT2D eigenvalue weighted by Crippen LogP contribution is -2.58. The van der Waals surface area contributed by atoms with Crippen molar-refractivity contribution >= 4 is 0 Å². The highest BCUT2D eigenvalue weighted by Gasteiger charge is 2.57. The van der Waals surface area contributed by atoms with Crippen LogP contribution >= 0.6 is 0 Å². The van der Waals surface area contributed by atoms with E-state index < -0.39 is 0 Å². The molecule has 3 unspecified atom stereocenters. The zero-order valence-electron chi connectivity index (χ0n) is 12.8. The third kappa shape index (κ3) is 1.86. The standard InChI is InChI=1S/C17H27N3/c1-16-7-12-5-13(8-16)10-17(9-12,11-16)14(18)6-15-19-3-4-20(15)2/h3-4,12-14H,5-11,18H2,1-2H3. The molecule has 0 saturated heterocycles. The fraction of sp³-hybridized carbons (Fsp3) is 0.824. The van der Waals surface area contributed by atoms with Crippen LogP contribution in [0.15, 0.2) is 12.4 Å². The zero-order valence-corrected chi connectivity index (χ0v) is 12.8. The van der Waals surface area contributed by atoms with Crippen LogP contribution in [0.2, 0.25) is 0 Å². The van der Waals surface area contributed by atoms with Gasteiger partial charge < -0.3 is 10.3 Å². The van der Waals surface area contributed by atoms with Crippen LogP contribution in [0.4, 0.5) is 0 Å². The van der Waals surface area contributed by atoms with Crippen molar-refractivity contribution in [3.05, 3.63) is 18.2 Å². The maximum Gasteiger partial charge on any atom is 0.109 e. The smallest absolute Gasteiger partial charge is 0.109 e. The Morgan fingerprint density at radius 1 is 1.35 bits per heavy atom. The minimum Gasteiger partial charge on any atom is -0.338 e. The quantitative estimate of drug-likeness (QED) is 0.920. The molecule has 3 atom stereocenters. The minimum atomic E-state index is 0.286. The summed E-state index contributed by atoms with van der Waals surface area (Å²) < 4.78 is 2.13. The summed E-state index contributed by atoms with van der Waals surface area (Å²) in [5.41, 5.74) is 7.73. The van der Waals surface area contributed by atoms with Gasteiger partial charge in [-0.3, -0.25) is 0 Å². The lowest BCUT2D eigenvalue weighted by molar-refractivity contribution is -0.113. The second kappa shape index (κ2) is 4.09. The third-order valence-electron chi connectivity index (χ3n) is 6.51. The van der Waals surface area contributed by atoms with Gasteiger partial charge in [0.25, 0.3) is 0 Å². The summed E-state index contributed by atoms with van der Waals surface area (Å²) in [6, 6.07) is 0.286. The molecule has 4 aliphatic carbocycles. The molecule has 3 nitrogen and oxygen atoms in total. The Labute approximate surface area is 122 Å². The topological polar surface area (TPSA) is 43.8 Å². The summed E-state index contributed by atoms with van der Waals surface area (Å²) in [4.78, 5) is 4.48. The number of nitrogens with two attached hydrogens (primary N) is 1. The van der Waals surface area contributed by atoms with Crippen LogP contribution in [0.5, 0.6) is 0 Å². The second-order valence-electron chi connectivity index (χ2n) is 8.40. The molecule has 5 rings (SSSR count). The minimum absolute atomic E-state index is 0.286. The first-order chi connectivity index (χ1) is 9.48. The summed E-state index contributed by atoms with van der Waals surface area (Å²) in [5, 5.41) is 0. The molecule has 3 heteroatoms. The highest BCUT2D eigenvalue weighted by molar-refractivity contribution is 5.11. The molecule has 4 fully saturated rings. The molecule has 0 spiro atoms. The van der Waals surface area contributed by atoms with Gasteiger partial charge in [0.05, 0.1) is 0 Å². The number of nitrogens with zero attached hydrogens (tertiary/aromatic N) is 2. The summed E-state index contributed by atoms with van der Waals surface area (Å²) in [7, 11) is 2.08. The molecule has 2 N–H and O–H groups in total. The van der Waals surface area contributed by atoms with E-state index in [1.54, 1.807) is 0 Å². The Hall–Kier alpha value is -0.830. The SMILES string of the molecule is Cn1ccnc1CC(N)C12CC3CC(CC(C)(C3)C1)C2. The zero-order chi connectivity index (χ0) is 14.0. The molecule has 110 valence electrons. The van der Waals surface area contributed by atoms with Crippen LogP contribution in [0.1, 0.15) is 51.3 Å². The molecule has 1 heterocycles. The van der Waals surface area contributed by atoms with E-state index in [1.807, 2.05) is 12.4 Å². The lowest BCUT2D eigenvalue weighted by atomic mass is 9.43. The van der Waals surface area contributed by atoms with Crippen molar-refractivity contribution in [2.45, 2.75) is 57.9 Å². The predicted molar refractivity (Wildman–Crippen MR) is 80.1 cm³/mol. The van der Waals surface area contributed by atoms with Crippen LogP contribution in [0, 0.1) is 22.7 Å². The fourth-order valence-corrected chi connectivity index (χ4v) is 6.24. The van der Waals surface area contributed by atoms with E-state index in [1.165, 1.54) is 38.5 Å². The Morgan fingerprint density at radius 2 is 2.05 bits per heavy atom. The Morgan fingerprint density at radius 3 is 2.60 bits per heavy atom. The van der Waals surface area contributed by atoms with Gasteiger partial charge in [0.15, 0.2) is 0 Å². The summed E-state index contributed by atoms with van der Waals surface area (Å²) in [6.07, 6.45) is 13.4. The van der Waals surface area contributed by atoms with Gasteiger partial charge in [0.2, 0.25) is 0 Å². The number of aromatic nitrogens is 2. The predicted octanol–water partition coefficient (Wildman–Crippen LogP) is 2.90. The molecule has 4 aliphatic rings. The molecule has 4 saturated carbocycles. The first kappa shape index (κ1) is 12.9. The summed E-state index contributed by atoms with van der Waals surface area (Å²) >= 11 is 0. The molecule has 0 aromatic carbocycles. The van der Waals surface area contributed by atoms with Crippen molar-refractivity contribution in [2.75, 3.05) is 0 Å². The number of hydrogen-bond acceptors (Lipinski definition) is 2. The highest BCUT2D eigenvalue weighted by Crippen LogP contribution is 2.66. The van der Waals surface area contributed by atoms with Crippen LogP contribution in [0.3, 0.4) is 0 Å². The van der Waals surface area contributed by atoms with Gasteiger partial charge in [-0.1, -0.05) is 6.92 Å². The first-order valence-electron chi connectivity index (χ1n) is 8.20. The number of aryl methyl sites for hydroxylation is 1. The number of rotatable bonds is 3. The van der Waals surface area contributed by atoms with E-state index in [9.17, 15) is 0 Å². The Balaban J connectivity index is 1.59. The van der Waals surface area contributed by atoms with E-state index in [0.29, 0.717) is 10.8 Å². The average Bonchev–Trinajstić information content (AvgIpc) is 2.71. The van der Waals surface area contributed by atoms with Gasteiger partial charge in [-0.2, -0.15) is 0 Å². The second-order valence-corrected chi connectivity index (χ2v) is 8.40. The Kier molecular flexibility index (Phi) is 2.64. The molecule has 4 bridgehead atoms. The Bertz CT molecular complexity index is 504. The largest absolute Gasteiger partial charge is 0.338 e. The van der Waals surface area contributed by atoms with Gasteiger partial charge in [-0.15, -0.1) is 0 Å². The first-order valence-corrected chi connectivity index (χ1v) is 8.20. The number of imidazole rings is 1. The van der Waals surface area contributed by atoms with Crippen LogP contribution in [0.25, 0.3) is 0 Å². The maximum atomic E-state index is 6.74. The molecule has 0 radical (unpaired) electrons. The van der Waals surface area contributed by atoms with E-state index in [4.69, 9.17) is 5.73 Å². The molecular formula is C17H27N3. The van der Waals surface area contributed by atoms with Crippen LogP contribution < -0.4 is 5.73 Å². The van der Waals surface area contributed by atoms with E-state index >= 15 is 0 Å². The van der Waals surface area contributed by atoms with Gasteiger partial charge in [-0.05, 0) is 61.2 Å². The molecule has 0 amide bonds. The van der Waals surface area contributed by atoms with Gasteiger partial charge in [0, 0.05) is 31.9 Å². The normalized spacial score (nSPS) is 44.0. The van der Waals surface area contributed by atoms with Crippen molar-refractivity contribution in [3.8, 4) is 0 Å². The van der Waals surface area contributed by atoms with Crippen molar-refractivity contribution in [1.82, 2.24) is 9.55 Å². The monoisotopic (exact) mass is 273 g/mol. The lowest BCUT2D eigenvalue weighted by Gasteiger charge is -2.63. The summed E-state index contributed by atoms with van der Waals surface area (Å²) in [6.45, 7) is 2.52. The van der Waals surface area contributed by atoms with Gasteiger partial charge in [0.1, 0.15) is 5.82 Å². The molecule has 1 aromatic heterocycles. The maximum absolute atomic E-state index is 6.74. The molecule has 20 heavy (non-hydrogen) atoms.